The Kier molecular flexibility index (Phi) is 6.40. The Balaban J connectivity index is 1.69. The number of hydrogen-bond acceptors (Lipinski definition) is 4. The Morgan fingerprint density at radius 1 is 1.14 bits per heavy atom. The molecule has 1 aliphatic heterocycles. The van der Waals surface area contributed by atoms with E-state index in [1.165, 1.54) is 30.2 Å². The van der Waals surface area contributed by atoms with Crippen LogP contribution in [0.4, 0.5) is 0 Å². The third kappa shape index (κ3) is 6.72. The summed E-state index contributed by atoms with van der Waals surface area (Å²) in [7, 11) is 0. The van der Waals surface area contributed by atoms with Crippen LogP contribution in [-0.2, 0) is 6.54 Å². The monoisotopic (exact) mass is 308 g/mol. The Labute approximate surface area is 133 Å². The van der Waals surface area contributed by atoms with Crippen molar-refractivity contribution in [2.75, 3.05) is 37.7 Å². The average Bonchev–Trinajstić information content (AvgIpc) is 2.47. The minimum absolute atomic E-state index is 0.155. The zero-order valence-electron chi connectivity index (χ0n) is 13.5. The molecule has 4 heteroatoms. The van der Waals surface area contributed by atoms with Crippen LogP contribution in [0.25, 0.3) is 0 Å². The van der Waals surface area contributed by atoms with Gasteiger partial charge in [0.25, 0.3) is 0 Å². The zero-order valence-corrected chi connectivity index (χ0v) is 14.3. The van der Waals surface area contributed by atoms with E-state index in [1.807, 2.05) is 11.8 Å². The Bertz CT molecular complexity index is 408. The van der Waals surface area contributed by atoms with Gasteiger partial charge in [-0.1, -0.05) is 12.1 Å². The van der Waals surface area contributed by atoms with E-state index in [4.69, 9.17) is 4.74 Å². The third-order valence-electron chi connectivity index (χ3n) is 3.53. The highest BCUT2D eigenvalue weighted by Gasteiger charge is 2.10. The number of thioether (sulfide) groups is 1. The van der Waals surface area contributed by atoms with E-state index >= 15 is 0 Å². The molecule has 1 aliphatic rings. The van der Waals surface area contributed by atoms with Crippen LogP contribution in [0.1, 0.15) is 26.3 Å². The molecule has 0 aliphatic carbocycles. The van der Waals surface area contributed by atoms with Gasteiger partial charge in [-0.3, -0.25) is 4.90 Å². The van der Waals surface area contributed by atoms with Crippen LogP contribution in [0.2, 0.25) is 0 Å². The van der Waals surface area contributed by atoms with Gasteiger partial charge < -0.3 is 10.1 Å². The van der Waals surface area contributed by atoms with Crippen molar-refractivity contribution < 1.29 is 4.74 Å². The first-order valence-electron chi connectivity index (χ1n) is 7.80. The SMILES string of the molecule is CC(C)(C)NCc1ccc(OCCN2CCSCC2)cc1. The van der Waals surface area contributed by atoms with E-state index in [2.05, 4.69) is 55.3 Å². The summed E-state index contributed by atoms with van der Waals surface area (Å²) in [6.07, 6.45) is 0. The van der Waals surface area contributed by atoms with Crippen LogP contribution in [0, 0.1) is 0 Å². The lowest BCUT2D eigenvalue weighted by Gasteiger charge is -2.25. The lowest BCUT2D eigenvalue weighted by Crippen LogP contribution is -2.35. The van der Waals surface area contributed by atoms with Crippen molar-refractivity contribution in [1.29, 1.82) is 0 Å². The van der Waals surface area contributed by atoms with Gasteiger partial charge in [0.1, 0.15) is 12.4 Å². The van der Waals surface area contributed by atoms with Gasteiger partial charge in [-0.25, -0.2) is 0 Å². The summed E-state index contributed by atoms with van der Waals surface area (Å²) in [4.78, 5) is 2.48. The van der Waals surface area contributed by atoms with Crippen molar-refractivity contribution in [3.8, 4) is 5.75 Å². The molecule has 3 nitrogen and oxygen atoms in total. The van der Waals surface area contributed by atoms with Gasteiger partial charge in [0.15, 0.2) is 0 Å². The van der Waals surface area contributed by atoms with Crippen molar-refractivity contribution in [2.24, 2.45) is 0 Å². The molecule has 0 saturated carbocycles. The predicted octanol–water partition coefficient (Wildman–Crippen LogP) is 3.00. The van der Waals surface area contributed by atoms with Crippen LogP contribution in [-0.4, -0.2) is 48.2 Å². The van der Waals surface area contributed by atoms with E-state index in [0.29, 0.717) is 0 Å². The summed E-state index contributed by atoms with van der Waals surface area (Å²) in [5, 5.41) is 3.49. The first-order chi connectivity index (χ1) is 10.0. The minimum Gasteiger partial charge on any atom is -0.492 e. The molecular formula is C17H28N2OS. The Morgan fingerprint density at radius 3 is 2.43 bits per heavy atom. The normalized spacial score (nSPS) is 16.9. The quantitative estimate of drug-likeness (QED) is 0.873. The maximum atomic E-state index is 5.84. The maximum absolute atomic E-state index is 5.84. The minimum atomic E-state index is 0.155. The molecule has 1 aromatic carbocycles. The molecule has 0 atom stereocenters. The van der Waals surface area contributed by atoms with Gasteiger partial charge in [-0.15, -0.1) is 0 Å². The number of ether oxygens (including phenoxy) is 1. The zero-order chi connectivity index (χ0) is 15.1. The van der Waals surface area contributed by atoms with Crippen LogP contribution in [0.5, 0.6) is 5.75 Å². The first-order valence-corrected chi connectivity index (χ1v) is 8.95. The largest absolute Gasteiger partial charge is 0.492 e. The summed E-state index contributed by atoms with van der Waals surface area (Å²) in [6, 6.07) is 8.44. The predicted molar refractivity (Wildman–Crippen MR) is 92.3 cm³/mol. The van der Waals surface area contributed by atoms with Crippen LogP contribution in [0.15, 0.2) is 24.3 Å². The summed E-state index contributed by atoms with van der Waals surface area (Å²) in [5.74, 6) is 3.49. The summed E-state index contributed by atoms with van der Waals surface area (Å²) in [6.45, 7) is 11.7. The van der Waals surface area contributed by atoms with Crippen LogP contribution >= 0.6 is 11.8 Å². The molecule has 1 saturated heterocycles. The molecule has 1 heterocycles. The molecular weight excluding hydrogens is 280 g/mol. The fraction of sp³-hybridized carbons (Fsp3) is 0.647. The van der Waals surface area contributed by atoms with Crippen LogP contribution < -0.4 is 10.1 Å². The molecule has 0 spiro atoms. The van der Waals surface area contributed by atoms with E-state index in [0.717, 1.165) is 25.4 Å². The van der Waals surface area contributed by atoms with Gasteiger partial charge in [0, 0.05) is 43.2 Å². The topological polar surface area (TPSA) is 24.5 Å². The van der Waals surface area contributed by atoms with Gasteiger partial charge >= 0.3 is 0 Å². The van der Waals surface area contributed by atoms with Gasteiger partial charge in [-0.05, 0) is 38.5 Å². The van der Waals surface area contributed by atoms with E-state index in [1.54, 1.807) is 0 Å². The Hall–Kier alpha value is -0.710. The molecule has 1 aromatic rings. The highest BCUT2D eigenvalue weighted by molar-refractivity contribution is 7.99. The summed E-state index contributed by atoms with van der Waals surface area (Å²) < 4.78 is 5.84. The molecule has 0 radical (unpaired) electrons. The van der Waals surface area contributed by atoms with Gasteiger partial charge in [0.05, 0.1) is 0 Å². The average molecular weight is 308 g/mol. The van der Waals surface area contributed by atoms with Crippen molar-refractivity contribution in [3.05, 3.63) is 29.8 Å². The molecule has 0 amide bonds. The highest BCUT2D eigenvalue weighted by Crippen LogP contribution is 2.14. The molecule has 21 heavy (non-hydrogen) atoms. The number of benzene rings is 1. The number of hydrogen-bond donors (Lipinski definition) is 1. The second kappa shape index (κ2) is 8.06. The number of nitrogens with zero attached hydrogens (tertiary/aromatic N) is 1. The summed E-state index contributed by atoms with van der Waals surface area (Å²) in [5.41, 5.74) is 1.45. The number of rotatable bonds is 6. The summed E-state index contributed by atoms with van der Waals surface area (Å²) >= 11 is 2.05. The molecule has 0 bridgehead atoms. The lowest BCUT2D eigenvalue weighted by molar-refractivity contribution is 0.222. The van der Waals surface area contributed by atoms with Crippen molar-refractivity contribution in [2.45, 2.75) is 32.9 Å². The number of nitrogens with one attached hydrogen (secondary N) is 1. The lowest BCUT2D eigenvalue weighted by atomic mass is 10.1. The third-order valence-corrected chi connectivity index (χ3v) is 4.47. The van der Waals surface area contributed by atoms with Gasteiger partial charge in [-0.2, -0.15) is 11.8 Å². The standard InChI is InChI=1S/C17H28N2OS/c1-17(2,3)18-14-15-4-6-16(7-5-15)20-11-8-19-9-12-21-13-10-19/h4-7,18H,8-14H2,1-3H3. The molecule has 118 valence electrons. The first kappa shape index (κ1) is 16.7. The molecule has 1 N–H and O–H groups in total. The fourth-order valence-electron chi connectivity index (χ4n) is 2.19. The van der Waals surface area contributed by atoms with E-state index in [9.17, 15) is 0 Å². The Morgan fingerprint density at radius 2 is 1.81 bits per heavy atom. The second-order valence-corrected chi connectivity index (χ2v) is 7.77. The maximum Gasteiger partial charge on any atom is 0.119 e. The smallest absolute Gasteiger partial charge is 0.119 e. The molecule has 2 rings (SSSR count). The highest BCUT2D eigenvalue weighted by atomic mass is 32.2. The van der Waals surface area contributed by atoms with Gasteiger partial charge in [0.2, 0.25) is 0 Å². The molecule has 0 unspecified atom stereocenters. The fourth-order valence-corrected chi connectivity index (χ4v) is 3.17. The molecule has 1 fully saturated rings. The van der Waals surface area contributed by atoms with Crippen molar-refractivity contribution in [1.82, 2.24) is 10.2 Å². The van der Waals surface area contributed by atoms with Crippen molar-refractivity contribution in [3.63, 3.8) is 0 Å². The van der Waals surface area contributed by atoms with Crippen molar-refractivity contribution >= 4 is 11.8 Å². The van der Waals surface area contributed by atoms with Crippen LogP contribution in [0.3, 0.4) is 0 Å². The second-order valence-electron chi connectivity index (χ2n) is 6.55. The molecule has 0 aromatic heterocycles. The van der Waals surface area contributed by atoms with E-state index in [-0.39, 0.29) is 5.54 Å². The van der Waals surface area contributed by atoms with E-state index < -0.39 is 0 Å².